The summed E-state index contributed by atoms with van der Waals surface area (Å²) in [6.07, 6.45) is 8.07. The Morgan fingerprint density at radius 3 is 3.04 bits per heavy atom. The molecule has 0 aromatic carbocycles. The molecule has 0 amide bonds. The van der Waals surface area contributed by atoms with Crippen molar-refractivity contribution >= 4 is 16.7 Å². The SMILES string of the molecule is c1nc(Oc2ccn3ccnc3c2)c2nc(OC3CCNC3)ccc2n1. The van der Waals surface area contributed by atoms with Crippen LogP contribution in [0.4, 0.5) is 0 Å². The van der Waals surface area contributed by atoms with Gasteiger partial charge < -0.3 is 19.2 Å². The second kappa shape index (κ2) is 6.23. The Bertz CT molecular complexity index is 1070. The Labute approximate surface area is 148 Å². The van der Waals surface area contributed by atoms with Crippen molar-refractivity contribution in [2.75, 3.05) is 13.1 Å². The van der Waals surface area contributed by atoms with Crippen molar-refractivity contribution in [3.05, 3.63) is 49.2 Å². The molecule has 5 rings (SSSR count). The Morgan fingerprint density at radius 2 is 2.12 bits per heavy atom. The molecule has 8 heteroatoms. The predicted octanol–water partition coefficient (Wildman–Crippen LogP) is 2.21. The van der Waals surface area contributed by atoms with Crippen LogP contribution in [0.5, 0.6) is 17.5 Å². The van der Waals surface area contributed by atoms with Gasteiger partial charge in [0.25, 0.3) is 0 Å². The highest BCUT2D eigenvalue weighted by Crippen LogP contribution is 2.27. The fourth-order valence-corrected chi connectivity index (χ4v) is 3.01. The Balaban J connectivity index is 1.49. The van der Waals surface area contributed by atoms with Crippen molar-refractivity contribution < 1.29 is 9.47 Å². The van der Waals surface area contributed by atoms with Crippen LogP contribution >= 0.6 is 0 Å². The number of nitrogens with zero attached hydrogens (tertiary/aromatic N) is 5. The maximum Gasteiger partial charge on any atom is 0.249 e. The lowest BCUT2D eigenvalue weighted by molar-refractivity contribution is 0.214. The van der Waals surface area contributed by atoms with Crippen molar-refractivity contribution in [1.82, 2.24) is 29.7 Å². The van der Waals surface area contributed by atoms with Crippen molar-refractivity contribution in [1.29, 1.82) is 0 Å². The third-order valence-corrected chi connectivity index (χ3v) is 4.31. The molecule has 0 aliphatic carbocycles. The minimum atomic E-state index is 0.136. The number of pyridine rings is 2. The van der Waals surface area contributed by atoms with Gasteiger partial charge in [-0.15, -0.1) is 0 Å². The highest BCUT2D eigenvalue weighted by Gasteiger charge is 2.17. The number of nitrogens with one attached hydrogen (secondary N) is 1. The zero-order valence-electron chi connectivity index (χ0n) is 13.9. The first-order chi connectivity index (χ1) is 12.8. The summed E-state index contributed by atoms with van der Waals surface area (Å²) in [6, 6.07) is 7.39. The van der Waals surface area contributed by atoms with E-state index < -0.39 is 0 Å². The van der Waals surface area contributed by atoms with E-state index in [1.54, 1.807) is 6.20 Å². The van der Waals surface area contributed by atoms with Gasteiger partial charge in [-0.3, -0.25) is 0 Å². The van der Waals surface area contributed by atoms with E-state index in [2.05, 4.69) is 25.3 Å². The van der Waals surface area contributed by atoms with Gasteiger partial charge in [0.05, 0.1) is 5.52 Å². The molecule has 0 bridgehead atoms. The normalized spacial score (nSPS) is 17.0. The summed E-state index contributed by atoms with van der Waals surface area (Å²) in [4.78, 5) is 17.3. The smallest absolute Gasteiger partial charge is 0.249 e. The molecule has 0 saturated carbocycles. The van der Waals surface area contributed by atoms with Crippen LogP contribution in [0.2, 0.25) is 0 Å². The largest absolute Gasteiger partial charge is 0.473 e. The van der Waals surface area contributed by atoms with Crippen molar-refractivity contribution in [2.45, 2.75) is 12.5 Å². The molecule has 26 heavy (non-hydrogen) atoms. The summed E-state index contributed by atoms with van der Waals surface area (Å²) in [5.74, 6) is 1.58. The molecule has 1 aliphatic heterocycles. The fraction of sp³-hybridized carbons (Fsp3) is 0.222. The molecule has 1 aliphatic rings. The standard InChI is InChI=1S/C18H16N6O2/c1-2-16(25-13-3-5-19-10-13)23-17-14(1)21-11-22-18(17)26-12-4-7-24-8-6-20-15(24)9-12/h1-2,4,6-9,11,13,19H,3,5,10H2. The zero-order chi connectivity index (χ0) is 17.3. The Morgan fingerprint density at radius 1 is 1.12 bits per heavy atom. The maximum atomic E-state index is 5.96. The average Bonchev–Trinajstić information content (AvgIpc) is 3.33. The first-order valence-corrected chi connectivity index (χ1v) is 8.45. The van der Waals surface area contributed by atoms with Gasteiger partial charge >= 0.3 is 0 Å². The molecule has 5 heterocycles. The van der Waals surface area contributed by atoms with E-state index in [0.29, 0.717) is 28.5 Å². The van der Waals surface area contributed by atoms with E-state index >= 15 is 0 Å². The molecule has 1 atom stereocenters. The highest BCUT2D eigenvalue weighted by atomic mass is 16.5. The quantitative estimate of drug-likeness (QED) is 0.605. The van der Waals surface area contributed by atoms with Gasteiger partial charge in [0, 0.05) is 37.3 Å². The van der Waals surface area contributed by atoms with Crippen LogP contribution in [0.3, 0.4) is 0 Å². The van der Waals surface area contributed by atoms with E-state index in [0.717, 1.165) is 25.2 Å². The van der Waals surface area contributed by atoms with Crippen LogP contribution in [0.15, 0.2) is 49.2 Å². The first kappa shape index (κ1) is 15.0. The van der Waals surface area contributed by atoms with E-state index in [4.69, 9.17) is 9.47 Å². The van der Waals surface area contributed by atoms with E-state index in [1.165, 1.54) is 6.33 Å². The van der Waals surface area contributed by atoms with Crippen molar-refractivity contribution in [3.63, 3.8) is 0 Å². The molecule has 4 aromatic rings. The van der Waals surface area contributed by atoms with Gasteiger partial charge in [-0.25, -0.2) is 15.0 Å². The topological polar surface area (TPSA) is 86.5 Å². The summed E-state index contributed by atoms with van der Waals surface area (Å²) in [5.41, 5.74) is 2.07. The molecule has 0 radical (unpaired) electrons. The number of imidazole rings is 1. The Kier molecular flexibility index (Phi) is 3.60. The summed E-state index contributed by atoms with van der Waals surface area (Å²) in [6.45, 7) is 1.80. The summed E-state index contributed by atoms with van der Waals surface area (Å²) in [5, 5.41) is 3.28. The van der Waals surface area contributed by atoms with Gasteiger partial charge in [-0.05, 0) is 25.1 Å². The molecule has 1 saturated heterocycles. The van der Waals surface area contributed by atoms with Crippen molar-refractivity contribution in [3.8, 4) is 17.5 Å². The molecule has 1 unspecified atom stereocenters. The van der Waals surface area contributed by atoms with Crippen LogP contribution in [0.1, 0.15) is 6.42 Å². The van der Waals surface area contributed by atoms with Crippen molar-refractivity contribution in [2.24, 2.45) is 0 Å². The zero-order valence-corrected chi connectivity index (χ0v) is 13.9. The second-order valence-corrected chi connectivity index (χ2v) is 6.09. The summed E-state index contributed by atoms with van der Waals surface area (Å²) >= 11 is 0. The van der Waals surface area contributed by atoms with Crippen LogP contribution < -0.4 is 14.8 Å². The first-order valence-electron chi connectivity index (χ1n) is 8.45. The number of hydrogen-bond acceptors (Lipinski definition) is 7. The third kappa shape index (κ3) is 2.80. The predicted molar refractivity (Wildman–Crippen MR) is 94.5 cm³/mol. The number of aromatic nitrogens is 5. The molecular weight excluding hydrogens is 332 g/mol. The minimum Gasteiger partial charge on any atom is -0.473 e. The third-order valence-electron chi connectivity index (χ3n) is 4.31. The average molecular weight is 348 g/mol. The van der Waals surface area contributed by atoms with E-state index in [-0.39, 0.29) is 6.10 Å². The number of fused-ring (bicyclic) bond motifs is 2. The van der Waals surface area contributed by atoms with Crippen LogP contribution in [-0.2, 0) is 0 Å². The van der Waals surface area contributed by atoms with Gasteiger partial charge in [-0.2, -0.15) is 4.98 Å². The number of ether oxygens (including phenoxy) is 2. The second-order valence-electron chi connectivity index (χ2n) is 6.09. The summed E-state index contributed by atoms with van der Waals surface area (Å²) in [7, 11) is 0. The van der Waals surface area contributed by atoms with E-state index in [9.17, 15) is 0 Å². The highest BCUT2D eigenvalue weighted by molar-refractivity contribution is 5.79. The lowest BCUT2D eigenvalue weighted by atomic mass is 10.3. The molecule has 4 aromatic heterocycles. The number of rotatable bonds is 4. The molecular formula is C18H16N6O2. The van der Waals surface area contributed by atoms with Gasteiger partial charge in [0.1, 0.15) is 23.8 Å². The number of hydrogen-bond donors (Lipinski definition) is 1. The minimum absolute atomic E-state index is 0.136. The van der Waals surface area contributed by atoms with Gasteiger partial charge in [-0.1, -0.05) is 0 Å². The molecule has 8 nitrogen and oxygen atoms in total. The molecule has 1 N–H and O–H groups in total. The molecule has 1 fully saturated rings. The molecule has 0 spiro atoms. The van der Waals surface area contributed by atoms with Gasteiger partial charge in [0.2, 0.25) is 11.8 Å². The lowest BCUT2D eigenvalue weighted by Crippen LogP contribution is -2.20. The van der Waals surface area contributed by atoms with Crippen LogP contribution in [0, 0.1) is 0 Å². The van der Waals surface area contributed by atoms with Crippen LogP contribution in [0.25, 0.3) is 16.7 Å². The fourth-order valence-electron chi connectivity index (χ4n) is 3.01. The van der Waals surface area contributed by atoms with E-state index in [1.807, 2.05) is 41.1 Å². The van der Waals surface area contributed by atoms with Gasteiger partial charge in [0.15, 0.2) is 5.52 Å². The summed E-state index contributed by atoms with van der Waals surface area (Å²) < 4.78 is 13.8. The Hall–Kier alpha value is -3.26. The monoisotopic (exact) mass is 348 g/mol. The maximum absolute atomic E-state index is 5.96. The van der Waals surface area contributed by atoms with Crippen LogP contribution in [-0.4, -0.2) is 43.5 Å². The molecule has 130 valence electrons. The lowest BCUT2D eigenvalue weighted by Gasteiger charge is -2.12.